The van der Waals surface area contributed by atoms with Crippen LogP contribution in [0.25, 0.3) is 0 Å². The molecule has 1 saturated carbocycles. The van der Waals surface area contributed by atoms with E-state index >= 15 is 0 Å². The summed E-state index contributed by atoms with van der Waals surface area (Å²) < 4.78 is 6.32. The molecule has 0 aromatic carbocycles. The van der Waals surface area contributed by atoms with Crippen molar-refractivity contribution in [3.8, 4) is 0 Å². The normalized spacial score (nSPS) is 40.3. The summed E-state index contributed by atoms with van der Waals surface area (Å²) in [4.78, 5) is 8.09. The fraction of sp³-hybridized carbons (Fsp3) is 0.938. The van der Waals surface area contributed by atoms with E-state index in [9.17, 15) is 0 Å². The molecule has 118 valence electrons. The van der Waals surface area contributed by atoms with Gasteiger partial charge in [-0.15, -0.1) is 0 Å². The monoisotopic (exact) mass is 293 g/mol. The number of nitrogens with zero attached hydrogens (tertiary/aromatic N) is 2. The van der Waals surface area contributed by atoms with E-state index in [0.29, 0.717) is 12.6 Å². The summed E-state index contributed by atoms with van der Waals surface area (Å²) in [5, 5.41) is 7.95. The molecule has 0 amide bonds. The van der Waals surface area contributed by atoms with Gasteiger partial charge in [-0.05, 0) is 51.7 Å². The number of ether oxygens (including phenoxy) is 1. The Morgan fingerprint density at radius 2 is 2.10 bits per heavy atom. The maximum absolute atomic E-state index is 6.32. The molecule has 21 heavy (non-hydrogen) atoms. The second-order valence-electron chi connectivity index (χ2n) is 7.10. The molecule has 0 radical (unpaired) electrons. The van der Waals surface area contributed by atoms with Gasteiger partial charge in [0.15, 0.2) is 6.61 Å². The highest BCUT2D eigenvalue weighted by molar-refractivity contribution is 5.84. The van der Waals surface area contributed by atoms with Crippen LogP contribution in [0.15, 0.2) is 5.16 Å². The summed E-state index contributed by atoms with van der Waals surface area (Å²) in [5.74, 6) is 0.892. The highest BCUT2D eigenvalue weighted by Gasteiger charge is 2.52. The molecule has 4 aliphatic rings. The Labute approximate surface area is 127 Å². The minimum absolute atomic E-state index is 0.126. The van der Waals surface area contributed by atoms with E-state index in [1.807, 2.05) is 0 Å². The predicted octanol–water partition coefficient (Wildman–Crippen LogP) is 1.73. The van der Waals surface area contributed by atoms with Crippen molar-refractivity contribution in [3.05, 3.63) is 0 Å². The molecular formula is C16H27N3O2. The molecule has 1 aliphatic carbocycles. The lowest BCUT2D eigenvalue weighted by Gasteiger charge is -2.36. The molecule has 3 heterocycles. The van der Waals surface area contributed by atoms with Gasteiger partial charge in [0.2, 0.25) is 5.90 Å². The first-order chi connectivity index (χ1) is 10.4. The van der Waals surface area contributed by atoms with Crippen LogP contribution in [0.5, 0.6) is 0 Å². The van der Waals surface area contributed by atoms with Gasteiger partial charge in [-0.25, -0.2) is 0 Å². The Morgan fingerprint density at radius 3 is 3.00 bits per heavy atom. The first-order valence-electron chi connectivity index (χ1n) is 8.70. The molecule has 4 rings (SSSR count). The van der Waals surface area contributed by atoms with Crippen molar-refractivity contribution < 1.29 is 9.57 Å². The summed E-state index contributed by atoms with van der Waals surface area (Å²) in [7, 11) is 0. The highest BCUT2D eigenvalue weighted by Crippen LogP contribution is 2.46. The van der Waals surface area contributed by atoms with Crippen molar-refractivity contribution in [2.75, 3.05) is 32.8 Å². The van der Waals surface area contributed by atoms with E-state index in [2.05, 4.69) is 15.4 Å². The molecule has 0 spiro atoms. The minimum Gasteiger partial charge on any atom is -0.470 e. The fourth-order valence-electron chi connectivity index (χ4n) is 4.62. The van der Waals surface area contributed by atoms with Crippen LogP contribution in [0.3, 0.4) is 0 Å². The maximum atomic E-state index is 6.32. The van der Waals surface area contributed by atoms with Gasteiger partial charge in [0, 0.05) is 12.6 Å². The summed E-state index contributed by atoms with van der Waals surface area (Å²) >= 11 is 0. The van der Waals surface area contributed by atoms with Gasteiger partial charge in [0.05, 0.1) is 5.41 Å². The Balaban J connectivity index is 1.41. The number of hydrogen-bond donors (Lipinski definition) is 1. The smallest absolute Gasteiger partial charge is 0.234 e. The number of piperidine rings is 1. The van der Waals surface area contributed by atoms with Gasteiger partial charge in [-0.3, -0.25) is 4.90 Å². The average Bonchev–Trinajstić information content (AvgIpc) is 3.09. The van der Waals surface area contributed by atoms with Crippen LogP contribution in [0.4, 0.5) is 0 Å². The van der Waals surface area contributed by atoms with E-state index in [1.165, 1.54) is 51.6 Å². The number of oxime groups is 1. The van der Waals surface area contributed by atoms with E-state index in [4.69, 9.17) is 9.57 Å². The van der Waals surface area contributed by atoms with Crippen molar-refractivity contribution in [1.29, 1.82) is 0 Å². The zero-order valence-corrected chi connectivity index (χ0v) is 12.9. The quantitative estimate of drug-likeness (QED) is 0.861. The molecule has 0 aromatic rings. The molecule has 0 bridgehead atoms. The molecule has 2 unspecified atom stereocenters. The summed E-state index contributed by atoms with van der Waals surface area (Å²) in [6.07, 6.45) is 9.05. The Morgan fingerprint density at radius 1 is 1.19 bits per heavy atom. The zero-order chi connectivity index (χ0) is 14.1. The maximum Gasteiger partial charge on any atom is 0.234 e. The number of likely N-dealkylation sites (tertiary alicyclic amines) is 1. The van der Waals surface area contributed by atoms with Gasteiger partial charge in [0.1, 0.15) is 6.10 Å². The predicted molar refractivity (Wildman–Crippen MR) is 81.2 cm³/mol. The van der Waals surface area contributed by atoms with Crippen LogP contribution in [-0.2, 0) is 9.57 Å². The lowest BCUT2D eigenvalue weighted by molar-refractivity contribution is -0.0216. The Bertz CT molecular complexity index is 396. The molecule has 3 atom stereocenters. The summed E-state index contributed by atoms with van der Waals surface area (Å²) in [6.45, 7) is 5.11. The molecule has 3 fully saturated rings. The third-order valence-electron chi connectivity index (χ3n) is 5.77. The van der Waals surface area contributed by atoms with E-state index in [-0.39, 0.29) is 11.5 Å². The van der Waals surface area contributed by atoms with Crippen LogP contribution < -0.4 is 5.32 Å². The van der Waals surface area contributed by atoms with Crippen molar-refractivity contribution in [3.63, 3.8) is 0 Å². The third kappa shape index (κ3) is 2.55. The highest BCUT2D eigenvalue weighted by atomic mass is 16.7. The average molecular weight is 293 g/mol. The van der Waals surface area contributed by atoms with Crippen LogP contribution in [0.1, 0.15) is 44.9 Å². The number of rotatable bonds is 3. The Hall–Kier alpha value is -0.810. The molecule has 5 nitrogen and oxygen atoms in total. The number of nitrogens with one attached hydrogen (secondary N) is 1. The van der Waals surface area contributed by atoms with Crippen LogP contribution in [-0.4, -0.2) is 55.7 Å². The molecule has 3 aliphatic heterocycles. The second-order valence-corrected chi connectivity index (χ2v) is 7.10. The fourth-order valence-corrected chi connectivity index (χ4v) is 4.62. The molecular weight excluding hydrogens is 266 g/mol. The molecule has 2 saturated heterocycles. The summed E-state index contributed by atoms with van der Waals surface area (Å²) in [6, 6.07) is 0.550. The van der Waals surface area contributed by atoms with Crippen molar-refractivity contribution in [2.24, 2.45) is 10.6 Å². The molecule has 5 heteroatoms. The van der Waals surface area contributed by atoms with Crippen LogP contribution >= 0.6 is 0 Å². The van der Waals surface area contributed by atoms with E-state index in [1.54, 1.807) is 0 Å². The van der Waals surface area contributed by atoms with Gasteiger partial charge in [0.25, 0.3) is 0 Å². The third-order valence-corrected chi connectivity index (χ3v) is 5.77. The van der Waals surface area contributed by atoms with Gasteiger partial charge in [-0.1, -0.05) is 18.0 Å². The van der Waals surface area contributed by atoms with Crippen molar-refractivity contribution in [1.82, 2.24) is 10.2 Å². The Kier molecular flexibility index (Phi) is 3.79. The first-order valence-corrected chi connectivity index (χ1v) is 8.70. The lowest BCUT2D eigenvalue weighted by atomic mass is 9.82. The first kappa shape index (κ1) is 13.8. The minimum atomic E-state index is 0.126. The van der Waals surface area contributed by atoms with Crippen LogP contribution in [0.2, 0.25) is 0 Å². The molecule has 0 aromatic heterocycles. The van der Waals surface area contributed by atoms with E-state index in [0.717, 1.165) is 25.4 Å². The largest absolute Gasteiger partial charge is 0.470 e. The lowest BCUT2D eigenvalue weighted by Crippen LogP contribution is -2.47. The number of hydrogen-bond acceptors (Lipinski definition) is 5. The molecule has 1 N–H and O–H groups in total. The topological polar surface area (TPSA) is 46.1 Å². The number of fused-ring (bicyclic) bond motifs is 1. The SMILES string of the molecule is C1CCN(C[C@H]2CON=C(C34CCCC3NCC4)O2)CC1. The van der Waals surface area contributed by atoms with Crippen LogP contribution in [0, 0.1) is 5.41 Å². The van der Waals surface area contributed by atoms with Gasteiger partial charge in [-0.2, -0.15) is 0 Å². The van der Waals surface area contributed by atoms with Crippen molar-refractivity contribution in [2.45, 2.75) is 57.1 Å². The summed E-state index contributed by atoms with van der Waals surface area (Å²) in [5.41, 5.74) is 0.126. The van der Waals surface area contributed by atoms with Crippen molar-refractivity contribution >= 4 is 5.90 Å². The zero-order valence-electron chi connectivity index (χ0n) is 12.9. The van der Waals surface area contributed by atoms with E-state index < -0.39 is 0 Å². The second kappa shape index (κ2) is 5.76. The van der Waals surface area contributed by atoms with Gasteiger partial charge < -0.3 is 14.9 Å². The standard InChI is InChI=1S/C16H27N3O2/c1-2-9-19(10-3-1)11-13-12-20-18-15(21-13)16-6-4-5-14(16)17-8-7-16/h13-14,17H,1-12H2/t13-,14?,16?/m0/s1. The van der Waals surface area contributed by atoms with Gasteiger partial charge >= 0.3 is 0 Å².